The van der Waals surface area contributed by atoms with E-state index in [1.165, 1.54) is 16.8 Å². The summed E-state index contributed by atoms with van der Waals surface area (Å²) >= 11 is 3.51. The molecule has 0 aliphatic heterocycles. The van der Waals surface area contributed by atoms with Gasteiger partial charge in [0.05, 0.1) is 0 Å². The summed E-state index contributed by atoms with van der Waals surface area (Å²) in [6, 6.07) is 4.29. The van der Waals surface area contributed by atoms with Crippen molar-refractivity contribution < 1.29 is 0 Å². The molecule has 0 unspecified atom stereocenters. The van der Waals surface area contributed by atoms with Crippen molar-refractivity contribution in [2.45, 2.75) is 40.2 Å². The molecule has 2 N–H and O–H groups in total. The van der Waals surface area contributed by atoms with Gasteiger partial charge in [-0.15, -0.1) is 0 Å². The number of anilines is 1. The van der Waals surface area contributed by atoms with Gasteiger partial charge in [0, 0.05) is 28.8 Å². The number of hydrogen-bond donors (Lipinski definition) is 2. The third-order valence-electron chi connectivity index (χ3n) is 2.58. The largest absolute Gasteiger partial charge is 0.383 e. The molecule has 1 aromatic carbocycles. The van der Waals surface area contributed by atoms with Crippen molar-refractivity contribution >= 4 is 21.6 Å². The van der Waals surface area contributed by atoms with Gasteiger partial charge in [0.1, 0.15) is 0 Å². The molecule has 0 aromatic heterocycles. The smallest absolute Gasteiger partial charge is 0.0400 e. The third kappa shape index (κ3) is 5.09. The van der Waals surface area contributed by atoms with Gasteiger partial charge in [0.25, 0.3) is 0 Å². The van der Waals surface area contributed by atoms with Gasteiger partial charge in [-0.3, -0.25) is 0 Å². The molecule has 0 aliphatic carbocycles. The van der Waals surface area contributed by atoms with E-state index in [1.54, 1.807) is 0 Å². The summed E-state index contributed by atoms with van der Waals surface area (Å²) in [5, 5.41) is 6.97. The van der Waals surface area contributed by atoms with Crippen LogP contribution in [0.3, 0.4) is 0 Å². The van der Waals surface area contributed by atoms with E-state index in [-0.39, 0.29) is 5.54 Å². The Morgan fingerprint density at radius 2 is 1.59 bits per heavy atom. The molecule has 0 spiro atoms. The first-order valence-corrected chi connectivity index (χ1v) is 6.84. The molecule has 2 nitrogen and oxygen atoms in total. The Morgan fingerprint density at radius 3 is 2.06 bits per heavy atom. The molecule has 0 bridgehead atoms. The Balaban J connectivity index is 2.53. The lowest BCUT2D eigenvalue weighted by atomic mass is 10.1. The average Bonchev–Trinajstić information content (AvgIpc) is 2.13. The Kier molecular flexibility index (Phi) is 5.02. The maximum Gasteiger partial charge on any atom is 0.0400 e. The van der Waals surface area contributed by atoms with Gasteiger partial charge in [-0.1, -0.05) is 15.9 Å². The van der Waals surface area contributed by atoms with Crippen LogP contribution in [0.4, 0.5) is 5.69 Å². The Bertz CT molecular complexity index is 357. The van der Waals surface area contributed by atoms with E-state index in [4.69, 9.17) is 0 Å². The van der Waals surface area contributed by atoms with E-state index < -0.39 is 0 Å². The first kappa shape index (κ1) is 14.5. The first-order valence-electron chi connectivity index (χ1n) is 6.05. The maximum atomic E-state index is 3.51. The molecule has 0 atom stereocenters. The quantitative estimate of drug-likeness (QED) is 0.825. The van der Waals surface area contributed by atoms with E-state index in [1.807, 2.05) is 0 Å². The van der Waals surface area contributed by atoms with Crippen molar-refractivity contribution in [1.29, 1.82) is 0 Å². The molecule has 0 radical (unpaired) electrons. The van der Waals surface area contributed by atoms with Gasteiger partial charge in [-0.05, 0) is 57.9 Å². The van der Waals surface area contributed by atoms with Gasteiger partial charge >= 0.3 is 0 Å². The summed E-state index contributed by atoms with van der Waals surface area (Å²) in [5.74, 6) is 0. The summed E-state index contributed by atoms with van der Waals surface area (Å²) in [7, 11) is 0. The predicted molar refractivity (Wildman–Crippen MR) is 79.9 cm³/mol. The van der Waals surface area contributed by atoms with Crippen molar-refractivity contribution in [2.24, 2.45) is 0 Å². The highest BCUT2D eigenvalue weighted by molar-refractivity contribution is 9.10. The topological polar surface area (TPSA) is 24.1 Å². The summed E-state index contributed by atoms with van der Waals surface area (Å²) in [5.41, 5.74) is 4.01. The van der Waals surface area contributed by atoms with Crippen LogP contribution < -0.4 is 10.6 Å². The average molecular weight is 299 g/mol. The highest BCUT2D eigenvalue weighted by atomic mass is 79.9. The maximum absolute atomic E-state index is 3.51. The molecule has 0 fully saturated rings. The second kappa shape index (κ2) is 5.87. The predicted octanol–water partition coefficient (Wildman–Crippen LogP) is 3.87. The lowest BCUT2D eigenvalue weighted by molar-refractivity contribution is 0.435. The minimum absolute atomic E-state index is 0.186. The molecule has 0 amide bonds. The van der Waals surface area contributed by atoms with Crippen molar-refractivity contribution in [3.05, 3.63) is 27.7 Å². The molecule has 17 heavy (non-hydrogen) atoms. The van der Waals surface area contributed by atoms with Crippen LogP contribution in [-0.4, -0.2) is 18.6 Å². The van der Waals surface area contributed by atoms with E-state index >= 15 is 0 Å². The summed E-state index contributed by atoms with van der Waals surface area (Å²) in [4.78, 5) is 0. The van der Waals surface area contributed by atoms with Gasteiger partial charge < -0.3 is 10.6 Å². The zero-order chi connectivity index (χ0) is 13.1. The van der Waals surface area contributed by atoms with Crippen molar-refractivity contribution in [3.8, 4) is 0 Å². The van der Waals surface area contributed by atoms with Crippen LogP contribution in [0.1, 0.15) is 31.9 Å². The van der Waals surface area contributed by atoms with Crippen LogP contribution in [0.25, 0.3) is 0 Å². The number of rotatable bonds is 4. The molecule has 0 saturated heterocycles. The van der Waals surface area contributed by atoms with Crippen LogP contribution in [0.2, 0.25) is 0 Å². The molecule has 3 heteroatoms. The standard InChI is InChI=1S/C14H23BrN2/c1-10-8-12(15)9-11(2)13(10)16-6-7-17-14(3,4)5/h8-9,16-17H,6-7H2,1-5H3. The highest BCUT2D eigenvalue weighted by Crippen LogP contribution is 2.24. The number of hydrogen-bond acceptors (Lipinski definition) is 2. The lowest BCUT2D eigenvalue weighted by Crippen LogP contribution is -2.38. The van der Waals surface area contributed by atoms with E-state index in [2.05, 4.69) is 73.3 Å². The molecular weight excluding hydrogens is 276 g/mol. The lowest BCUT2D eigenvalue weighted by Gasteiger charge is -2.21. The third-order valence-corrected chi connectivity index (χ3v) is 3.04. The van der Waals surface area contributed by atoms with Gasteiger partial charge in [0.15, 0.2) is 0 Å². The van der Waals surface area contributed by atoms with Crippen LogP contribution in [0.15, 0.2) is 16.6 Å². The Hall–Kier alpha value is -0.540. The minimum atomic E-state index is 0.186. The van der Waals surface area contributed by atoms with Gasteiger partial charge in [0.2, 0.25) is 0 Å². The second-order valence-electron chi connectivity index (χ2n) is 5.52. The zero-order valence-electron chi connectivity index (χ0n) is 11.4. The van der Waals surface area contributed by atoms with Crippen LogP contribution >= 0.6 is 15.9 Å². The Morgan fingerprint density at radius 1 is 1.06 bits per heavy atom. The Labute approximate surface area is 113 Å². The normalized spacial score (nSPS) is 11.6. The zero-order valence-corrected chi connectivity index (χ0v) is 13.0. The molecule has 0 saturated carbocycles. The molecule has 0 heterocycles. The fourth-order valence-electron chi connectivity index (χ4n) is 1.81. The summed E-state index contributed by atoms with van der Waals surface area (Å²) in [6.07, 6.45) is 0. The molecule has 96 valence electrons. The number of halogens is 1. The molecule has 1 rings (SSSR count). The molecule has 1 aromatic rings. The van der Waals surface area contributed by atoms with Gasteiger partial charge in [-0.25, -0.2) is 0 Å². The number of nitrogens with one attached hydrogen (secondary N) is 2. The SMILES string of the molecule is Cc1cc(Br)cc(C)c1NCCNC(C)(C)C. The second-order valence-corrected chi connectivity index (χ2v) is 6.43. The van der Waals surface area contributed by atoms with E-state index in [0.717, 1.165) is 17.6 Å². The van der Waals surface area contributed by atoms with E-state index in [9.17, 15) is 0 Å². The van der Waals surface area contributed by atoms with Crippen LogP contribution in [0.5, 0.6) is 0 Å². The minimum Gasteiger partial charge on any atom is -0.383 e. The number of benzene rings is 1. The monoisotopic (exact) mass is 298 g/mol. The van der Waals surface area contributed by atoms with E-state index in [0.29, 0.717) is 0 Å². The summed E-state index contributed by atoms with van der Waals surface area (Å²) < 4.78 is 1.14. The van der Waals surface area contributed by atoms with Crippen molar-refractivity contribution in [1.82, 2.24) is 5.32 Å². The van der Waals surface area contributed by atoms with Crippen LogP contribution in [-0.2, 0) is 0 Å². The van der Waals surface area contributed by atoms with Crippen molar-refractivity contribution in [3.63, 3.8) is 0 Å². The number of aryl methyl sites for hydroxylation is 2. The highest BCUT2D eigenvalue weighted by Gasteiger charge is 2.08. The fraction of sp³-hybridized carbons (Fsp3) is 0.571. The van der Waals surface area contributed by atoms with Crippen molar-refractivity contribution in [2.75, 3.05) is 18.4 Å². The molecule has 0 aliphatic rings. The van der Waals surface area contributed by atoms with Crippen LogP contribution in [0, 0.1) is 13.8 Å². The van der Waals surface area contributed by atoms with Gasteiger partial charge in [-0.2, -0.15) is 0 Å². The first-order chi connectivity index (χ1) is 7.79. The molecular formula is C14H23BrN2. The summed E-state index contributed by atoms with van der Waals surface area (Å²) in [6.45, 7) is 12.7. The fourth-order valence-corrected chi connectivity index (χ4v) is 2.50.